The molecular weight excluding hydrogens is 236 g/mol. The molecular formula is C12H18N2O2S. The summed E-state index contributed by atoms with van der Waals surface area (Å²) >= 11 is 0. The van der Waals surface area contributed by atoms with Gasteiger partial charge < -0.3 is 5.73 Å². The molecule has 1 heterocycles. The molecule has 1 unspecified atom stereocenters. The summed E-state index contributed by atoms with van der Waals surface area (Å²) in [5.74, 6) is 0.455. The number of hydrogen-bond donors (Lipinski definition) is 1. The largest absolute Gasteiger partial charge is 0.399 e. The topological polar surface area (TPSA) is 63.4 Å². The highest BCUT2D eigenvalue weighted by atomic mass is 32.2. The Morgan fingerprint density at radius 3 is 2.88 bits per heavy atom. The lowest BCUT2D eigenvalue weighted by Crippen LogP contribution is -2.29. The van der Waals surface area contributed by atoms with E-state index in [1.54, 1.807) is 11.2 Å². The van der Waals surface area contributed by atoms with E-state index in [1.807, 2.05) is 24.3 Å². The molecule has 1 aromatic carbocycles. The van der Waals surface area contributed by atoms with E-state index in [1.165, 1.54) is 0 Å². The number of benzene rings is 1. The van der Waals surface area contributed by atoms with E-state index in [4.69, 9.17) is 5.73 Å². The van der Waals surface area contributed by atoms with Crippen molar-refractivity contribution in [3.63, 3.8) is 0 Å². The van der Waals surface area contributed by atoms with Crippen LogP contribution in [0.5, 0.6) is 0 Å². The summed E-state index contributed by atoms with van der Waals surface area (Å²) in [4.78, 5) is 0. The third kappa shape index (κ3) is 2.61. The van der Waals surface area contributed by atoms with Crippen molar-refractivity contribution in [1.82, 2.24) is 4.31 Å². The molecule has 0 radical (unpaired) electrons. The summed E-state index contributed by atoms with van der Waals surface area (Å²) in [5.41, 5.74) is 7.61. The minimum atomic E-state index is -3.05. The Balaban J connectivity index is 2.13. The molecule has 1 atom stereocenters. The molecule has 1 aliphatic heterocycles. The normalized spacial score (nSPS) is 21.8. The molecule has 0 saturated carbocycles. The second-order valence-electron chi connectivity index (χ2n) is 4.41. The monoisotopic (exact) mass is 254 g/mol. The Hall–Kier alpha value is -1.07. The fourth-order valence-electron chi connectivity index (χ4n) is 2.25. The van der Waals surface area contributed by atoms with Gasteiger partial charge in [-0.25, -0.2) is 12.7 Å². The molecule has 94 valence electrons. The van der Waals surface area contributed by atoms with Gasteiger partial charge in [0.1, 0.15) is 0 Å². The van der Waals surface area contributed by atoms with Crippen LogP contribution in [-0.4, -0.2) is 31.6 Å². The first-order chi connectivity index (χ1) is 8.03. The Labute approximate surface area is 102 Å². The highest BCUT2D eigenvalue weighted by molar-refractivity contribution is 7.89. The predicted octanol–water partition coefficient (Wildman–Crippen LogP) is 1.41. The summed E-state index contributed by atoms with van der Waals surface area (Å²) in [6.45, 7) is 2.89. The van der Waals surface area contributed by atoms with Gasteiger partial charge >= 0.3 is 0 Å². The standard InChI is InChI=1S/C12H18N2O2S/c1-2-17(15,16)14-7-6-11(9-14)10-4-3-5-12(13)8-10/h3-5,8,11H,2,6-7,9,13H2,1H3. The average molecular weight is 254 g/mol. The molecule has 1 aromatic rings. The third-order valence-electron chi connectivity index (χ3n) is 3.29. The van der Waals surface area contributed by atoms with Crippen molar-refractivity contribution in [1.29, 1.82) is 0 Å². The van der Waals surface area contributed by atoms with Crippen molar-refractivity contribution in [2.45, 2.75) is 19.3 Å². The Morgan fingerprint density at radius 1 is 1.47 bits per heavy atom. The van der Waals surface area contributed by atoms with Crippen molar-refractivity contribution in [3.05, 3.63) is 29.8 Å². The number of sulfonamides is 1. The Morgan fingerprint density at radius 2 is 2.24 bits per heavy atom. The Bertz CT molecular complexity index is 499. The fraction of sp³-hybridized carbons (Fsp3) is 0.500. The lowest BCUT2D eigenvalue weighted by atomic mass is 9.98. The lowest BCUT2D eigenvalue weighted by molar-refractivity contribution is 0.474. The third-order valence-corrected chi connectivity index (χ3v) is 5.14. The zero-order valence-electron chi connectivity index (χ0n) is 9.96. The lowest BCUT2D eigenvalue weighted by Gasteiger charge is -2.15. The fourth-order valence-corrected chi connectivity index (χ4v) is 3.40. The second kappa shape index (κ2) is 4.66. The first-order valence-electron chi connectivity index (χ1n) is 5.86. The molecule has 1 aliphatic rings. The number of nitrogens with zero attached hydrogens (tertiary/aromatic N) is 1. The summed E-state index contributed by atoms with van der Waals surface area (Å²) in [6, 6.07) is 7.72. The number of anilines is 1. The van der Waals surface area contributed by atoms with Crippen LogP contribution in [0.4, 0.5) is 5.69 Å². The molecule has 1 saturated heterocycles. The second-order valence-corrected chi connectivity index (χ2v) is 6.67. The van der Waals surface area contributed by atoms with E-state index in [0.29, 0.717) is 13.1 Å². The van der Waals surface area contributed by atoms with Gasteiger partial charge in [-0.05, 0) is 37.0 Å². The van der Waals surface area contributed by atoms with Crippen LogP contribution in [0, 0.1) is 0 Å². The van der Waals surface area contributed by atoms with E-state index in [-0.39, 0.29) is 11.7 Å². The summed E-state index contributed by atoms with van der Waals surface area (Å²) < 4.78 is 25.1. The summed E-state index contributed by atoms with van der Waals surface area (Å²) in [6.07, 6.45) is 0.878. The molecule has 0 aromatic heterocycles. The molecule has 5 heteroatoms. The minimum absolute atomic E-state index is 0.177. The minimum Gasteiger partial charge on any atom is -0.399 e. The first-order valence-corrected chi connectivity index (χ1v) is 7.47. The van der Waals surface area contributed by atoms with Crippen LogP contribution >= 0.6 is 0 Å². The van der Waals surface area contributed by atoms with Gasteiger partial charge in [0.05, 0.1) is 5.75 Å². The van der Waals surface area contributed by atoms with Gasteiger partial charge in [-0.2, -0.15) is 0 Å². The van der Waals surface area contributed by atoms with Gasteiger partial charge in [-0.3, -0.25) is 0 Å². The van der Waals surface area contributed by atoms with E-state index < -0.39 is 10.0 Å². The van der Waals surface area contributed by atoms with Gasteiger partial charge in [0, 0.05) is 18.8 Å². The van der Waals surface area contributed by atoms with E-state index in [2.05, 4.69) is 0 Å². The van der Waals surface area contributed by atoms with E-state index in [0.717, 1.165) is 17.7 Å². The molecule has 1 fully saturated rings. The first kappa shape index (κ1) is 12.4. The van der Waals surface area contributed by atoms with Gasteiger partial charge in [-0.1, -0.05) is 12.1 Å². The van der Waals surface area contributed by atoms with Gasteiger partial charge in [0.25, 0.3) is 0 Å². The quantitative estimate of drug-likeness (QED) is 0.829. The van der Waals surface area contributed by atoms with Crippen LogP contribution in [0.25, 0.3) is 0 Å². The van der Waals surface area contributed by atoms with Crippen LogP contribution in [0.15, 0.2) is 24.3 Å². The molecule has 0 spiro atoms. The maximum absolute atomic E-state index is 11.7. The zero-order valence-corrected chi connectivity index (χ0v) is 10.8. The van der Waals surface area contributed by atoms with Crippen LogP contribution in [0.3, 0.4) is 0 Å². The predicted molar refractivity (Wildman–Crippen MR) is 69.2 cm³/mol. The van der Waals surface area contributed by atoms with Crippen LogP contribution < -0.4 is 5.73 Å². The van der Waals surface area contributed by atoms with Crippen LogP contribution in [0.1, 0.15) is 24.8 Å². The van der Waals surface area contributed by atoms with E-state index >= 15 is 0 Å². The van der Waals surface area contributed by atoms with Crippen LogP contribution in [-0.2, 0) is 10.0 Å². The number of nitrogens with two attached hydrogens (primary N) is 1. The molecule has 2 N–H and O–H groups in total. The molecule has 0 bridgehead atoms. The smallest absolute Gasteiger partial charge is 0.213 e. The van der Waals surface area contributed by atoms with Gasteiger partial charge in [0.15, 0.2) is 0 Å². The molecule has 17 heavy (non-hydrogen) atoms. The number of hydrogen-bond acceptors (Lipinski definition) is 3. The van der Waals surface area contributed by atoms with Crippen molar-refractivity contribution < 1.29 is 8.42 Å². The highest BCUT2D eigenvalue weighted by Crippen LogP contribution is 2.29. The average Bonchev–Trinajstić information content (AvgIpc) is 2.79. The van der Waals surface area contributed by atoms with Crippen molar-refractivity contribution >= 4 is 15.7 Å². The maximum Gasteiger partial charge on any atom is 0.213 e. The van der Waals surface area contributed by atoms with E-state index in [9.17, 15) is 8.42 Å². The SMILES string of the molecule is CCS(=O)(=O)N1CCC(c2cccc(N)c2)C1. The van der Waals surface area contributed by atoms with Crippen molar-refractivity contribution in [2.24, 2.45) is 0 Å². The molecule has 4 nitrogen and oxygen atoms in total. The Kier molecular flexibility index (Phi) is 3.40. The van der Waals surface area contributed by atoms with Crippen LogP contribution in [0.2, 0.25) is 0 Å². The molecule has 0 amide bonds. The van der Waals surface area contributed by atoms with Gasteiger partial charge in [-0.15, -0.1) is 0 Å². The van der Waals surface area contributed by atoms with Gasteiger partial charge in [0.2, 0.25) is 10.0 Å². The number of rotatable bonds is 3. The van der Waals surface area contributed by atoms with Crippen molar-refractivity contribution in [3.8, 4) is 0 Å². The highest BCUT2D eigenvalue weighted by Gasteiger charge is 2.30. The summed E-state index contributed by atoms with van der Waals surface area (Å²) in [5, 5.41) is 0. The molecule has 2 rings (SSSR count). The number of nitrogen functional groups attached to an aromatic ring is 1. The zero-order chi connectivity index (χ0) is 12.5. The van der Waals surface area contributed by atoms with Crippen molar-refractivity contribution in [2.75, 3.05) is 24.6 Å². The maximum atomic E-state index is 11.7. The summed E-state index contributed by atoms with van der Waals surface area (Å²) in [7, 11) is -3.05. The molecule has 0 aliphatic carbocycles.